The molecular formula is C32H40N2O5. The largest absolute Gasteiger partial charge is 0.493 e. The zero-order chi connectivity index (χ0) is 27.8. The quantitative estimate of drug-likeness (QED) is 0.308. The minimum Gasteiger partial charge on any atom is -0.493 e. The van der Waals surface area contributed by atoms with Crippen LogP contribution in [-0.4, -0.2) is 36.6 Å². The van der Waals surface area contributed by atoms with Crippen LogP contribution < -0.4 is 10.1 Å². The topological polar surface area (TPSA) is 90.7 Å². The van der Waals surface area contributed by atoms with E-state index in [0.29, 0.717) is 37.2 Å². The Bertz CT molecular complexity index is 1210. The Labute approximate surface area is 231 Å². The second kappa shape index (κ2) is 13.5. The highest BCUT2D eigenvalue weighted by Crippen LogP contribution is 2.33. The average molecular weight is 533 g/mol. The van der Waals surface area contributed by atoms with E-state index in [4.69, 9.17) is 13.9 Å². The zero-order valence-corrected chi connectivity index (χ0v) is 23.4. The van der Waals surface area contributed by atoms with Gasteiger partial charge in [-0.05, 0) is 74.3 Å². The van der Waals surface area contributed by atoms with E-state index < -0.39 is 12.0 Å². The molecule has 4 rings (SSSR count). The molecule has 208 valence electrons. The molecule has 7 heteroatoms. The van der Waals surface area contributed by atoms with Gasteiger partial charge in [-0.3, -0.25) is 4.79 Å². The van der Waals surface area contributed by atoms with E-state index in [9.17, 15) is 9.59 Å². The van der Waals surface area contributed by atoms with Crippen LogP contribution in [0.5, 0.6) is 5.75 Å². The van der Waals surface area contributed by atoms with Crippen LogP contribution in [0.15, 0.2) is 59.0 Å². The van der Waals surface area contributed by atoms with Gasteiger partial charge in [-0.2, -0.15) is 0 Å². The molecule has 1 fully saturated rings. The molecule has 1 aliphatic carbocycles. The van der Waals surface area contributed by atoms with Gasteiger partial charge in [0.2, 0.25) is 11.8 Å². The summed E-state index contributed by atoms with van der Waals surface area (Å²) < 4.78 is 16.8. The molecule has 0 radical (unpaired) electrons. The Morgan fingerprint density at radius 3 is 2.36 bits per heavy atom. The van der Waals surface area contributed by atoms with Gasteiger partial charge in [0, 0.05) is 24.3 Å². The summed E-state index contributed by atoms with van der Waals surface area (Å²) in [6.07, 6.45) is 4.85. The van der Waals surface area contributed by atoms with Gasteiger partial charge in [-0.25, -0.2) is 9.78 Å². The van der Waals surface area contributed by atoms with E-state index >= 15 is 0 Å². The lowest BCUT2D eigenvalue weighted by atomic mass is 9.76. The first kappa shape index (κ1) is 28.4. The van der Waals surface area contributed by atoms with Crippen LogP contribution in [0.2, 0.25) is 0 Å². The minimum atomic E-state index is -0.717. The fourth-order valence-corrected chi connectivity index (χ4v) is 5.26. The number of ether oxygens (including phenoxy) is 2. The molecule has 2 aromatic carbocycles. The van der Waals surface area contributed by atoms with Crippen LogP contribution in [0.25, 0.3) is 11.5 Å². The van der Waals surface area contributed by atoms with Crippen molar-refractivity contribution in [3.8, 4) is 17.2 Å². The average Bonchev–Trinajstić information content (AvgIpc) is 3.33. The van der Waals surface area contributed by atoms with Crippen molar-refractivity contribution < 1.29 is 23.5 Å². The van der Waals surface area contributed by atoms with Crippen LogP contribution in [-0.2, 0) is 27.2 Å². The van der Waals surface area contributed by atoms with E-state index in [1.165, 1.54) is 7.11 Å². The number of nitrogens with zero attached hydrogens (tertiary/aromatic N) is 1. The molecular weight excluding hydrogens is 492 g/mol. The number of oxazole rings is 1. The van der Waals surface area contributed by atoms with Crippen LogP contribution in [0.4, 0.5) is 0 Å². The number of methoxy groups -OCH3 is 1. The predicted molar refractivity (Wildman–Crippen MR) is 150 cm³/mol. The third-order valence-corrected chi connectivity index (χ3v) is 7.77. The van der Waals surface area contributed by atoms with Crippen molar-refractivity contribution in [3.05, 3.63) is 71.6 Å². The molecule has 0 unspecified atom stereocenters. The smallest absolute Gasteiger partial charge is 0.328 e. The van der Waals surface area contributed by atoms with Crippen molar-refractivity contribution >= 4 is 11.9 Å². The molecule has 1 amide bonds. The number of aryl methyl sites for hydroxylation is 1. The fraction of sp³-hybridized carbons (Fsp3) is 0.469. The third-order valence-electron chi connectivity index (χ3n) is 7.77. The molecule has 1 atom stereocenters. The number of carbonyl (C=O) groups excluding carboxylic acids is 2. The van der Waals surface area contributed by atoms with Gasteiger partial charge in [0.1, 0.15) is 17.6 Å². The van der Waals surface area contributed by atoms with E-state index in [1.54, 1.807) is 0 Å². The number of hydrogen-bond donors (Lipinski definition) is 1. The molecule has 1 aromatic heterocycles. The Balaban J connectivity index is 1.28. The first-order valence-electron chi connectivity index (χ1n) is 14.0. The Kier molecular flexibility index (Phi) is 9.79. The van der Waals surface area contributed by atoms with Crippen LogP contribution in [0.3, 0.4) is 0 Å². The number of rotatable bonds is 11. The summed E-state index contributed by atoms with van der Waals surface area (Å²) in [5.41, 5.74) is 2.74. The highest BCUT2D eigenvalue weighted by atomic mass is 16.5. The fourth-order valence-electron chi connectivity index (χ4n) is 5.26. The molecule has 0 saturated heterocycles. The zero-order valence-electron chi connectivity index (χ0n) is 23.4. The molecule has 0 aliphatic heterocycles. The first-order chi connectivity index (χ1) is 18.8. The van der Waals surface area contributed by atoms with Crippen molar-refractivity contribution in [1.29, 1.82) is 0 Å². The molecule has 1 saturated carbocycles. The number of benzene rings is 2. The molecule has 1 N–H and O–H groups in total. The van der Waals surface area contributed by atoms with Crippen molar-refractivity contribution in [2.75, 3.05) is 13.7 Å². The minimum absolute atomic E-state index is 0.0416. The van der Waals surface area contributed by atoms with Crippen LogP contribution in [0, 0.1) is 24.7 Å². The van der Waals surface area contributed by atoms with Gasteiger partial charge in [-0.1, -0.05) is 44.2 Å². The maximum absolute atomic E-state index is 12.9. The molecule has 39 heavy (non-hydrogen) atoms. The van der Waals surface area contributed by atoms with Crippen molar-refractivity contribution in [1.82, 2.24) is 10.3 Å². The Morgan fingerprint density at radius 2 is 1.72 bits per heavy atom. The Hall–Kier alpha value is -3.61. The SMILES string of the molecule is COC(=O)[C@H](Cc1ccc(OCCc2nc(-c3ccccc3)oc2C)cc1)NC(=O)C1CCC(C(C)C)CC1. The summed E-state index contributed by atoms with van der Waals surface area (Å²) in [5, 5.41) is 2.96. The molecule has 7 nitrogen and oxygen atoms in total. The summed E-state index contributed by atoms with van der Waals surface area (Å²) >= 11 is 0. The van der Waals surface area contributed by atoms with Gasteiger partial charge in [0.25, 0.3) is 0 Å². The van der Waals surface area contributed by atoms with E-state index in [-0.39, 0.29) is 11.8 Å². The summed E-state index contributed by atoms with van der Waals surface area (Å²) in [4.78, 5) is 30.0. The molecule has 1 aliphatic rings. The summed E-state index contributed by atoms with van der Waals surface area (Å²) in [6.45, 7) is 6.86. The van der Waals surface area contributed by atoms with Gasteiger partial charge in [0.05, 0.1) is 19.4 Å². The lowest BCUT2D eigenvalue weighted by molar-refractivity contribution is -0.145. The highest BCUT2D eigenvalue weighted by molar-refractivity contribution is 5.86. The molecule has 0 bridgehead atoms. The second-order valence-corrected chi connectivity index (χ2v) is 10.8. The van der Waals surface area contributed by atoms with Gasteiger partial charge in [-0.15, -0.1) is 0 Å². The van der Waals surface area contributed by atoms with Crippen LogP contribution >= 0.6 is 0 Å². The van der Waals surface area contributed by atoms with Gasteiger partial charge >= 0.3 is 5.97 Å². The third kappa shape index (κ3) is 7.71. The van der Waals surface area contributed by atoms with Crippen LogP contribution in [0.1, 0.15) is 56.5 Å². The maximum atomic E-state index is 12.9. The molecule has 3 aromatic rings. The standard InChI is InChI=1S/C32H40N2O5/c1-21(2)24-12-14-25(15-13-24)30(35)33-29(32(36)37-4)20-23-10-16-27(17-11-23)38-19-18-28-22(3)39-31(34-28)26-8-6-5-7-9-26/h5-11,16-17,21,24-25,29H,12-15,18-20H2,1-4H3,(H,33,35)/t24?,25?,29-/m0/s1. The van der Waals surface area contributed by atoms with Crippen molar-refractivity contribution in [2.45, 2.75) is 65.3 Å². The first-order valence-corrected chi connectivity index (χ1v) is 14.0. The summed E-state index contributed by atoms with van der Waals surface area (Å²) in [5.74, 6) is 2.92. The number of hydrogen-bond acceptors (Lipinski definition) is 6. The summed E-state index contributed by atoms with van der Waals surface area (Å²) in [7, 11) is 1.35. The number of aromatic nitrogens is 1. The van der Waals surface area contributed by atoms with Gasteiger partial charge in [0.15, 0.2) is 0 Å². The lowest BCUT2D eigenvalue weighted by Crippen LogP contribution is -2.46. The number of carbonyl (C=O) groups is 2. The van der Waals surface area contributed by atoms with E-state index in [1.807, 2.05) is 61.5 Å². The normalized spacial score (nSPS) is 18.0. The van der Waals surface area contributed by atoms with Crippen molar-refractivity contribution in [3.63, 3.8) is 0 Å². The monoisotopic (exact) mass is 532 g/mol. The highest BCUT2D eigenvalue weighted by Gasteiger charge is 2.30. The second-order valence-electron chi connectivity index (χ2n) is 10.8. The number of nitrogens with one attached hydrogen (secondary N) is 1. The van der Waals surface area contributed by atoms with E-state index in [2.05, 4.69) is 24.1 Å². The van der Waals surface area contributed by atoms with Crippen molar-refractivity contribution in [2.24, 2.45) is 17.8 Å². The maximum Gasteiger partial charge on any atom is 0.328 e. The Morgan fingerprint density at radius 1 is 1.03 bits per heavy atom. The predicted octanol–water partition coefficient (Wildman–Crippen LogP) is 5.93. The summed E-state index contributed by atoms with van der Waals surface area (Å²) in [6, 6.07) is 16.7. The van der Waals surface area contributed by atoms with Gasteiger partial charge < -0.3 is 19.2 Å². The number of esters is 1. The lowest BCUT2D eigenvalue weighted by Gasteiger charge is -2.31. The van der Waals surface area contributed by atoms with E-state index in [0.717, 1.165) is 54.0 Å². The number of amides is 1. The molecule has 1 heterocycles. The molecule has 0 spiro atoms.